The molecule has 0 saturated heterocycles. The van der Waals surface area contributed by atoms with Gasteiger partial charge in [0.1, 0.15) is 29.8 Å². The summed E-state index contributed by atoms with van der Waals surface area (Å²) in [5.74, 6) is 0.289. The van der Waals surface area contributed by atoms with Crippen LogP contribution in [0.4, 0.5) is 5.69 Å². The molecule has 0 aliphatic rings. The molecule has 42 heavy (non-hydrogen) atoms. The number of nitrogens with zero attached hydrogens (tertiary/aromatic N) is 2. The molecule has 0 aliphatic heterocycles. The average Bonchev–Trinajstić information content (AvgIpc) is 2.99. The molecule has 10 nitrogen and oxygen atoms in total. The fraction of sp³-hybridized carbons (Fsp3) is 0.355. The monoisotopic (exact) mass is 597 g/mol. The minimum absolute atomic E-state index is 0.00777. The lowest BCUT2D eigenvalue weighted by atomic mass is 10.1. The van der Waals surface area contributed by atoms with Gasteiger partial charge in [-0.3, -0.25) is 13.9 Å². The van der Waals surface area contributed by atoms with Gasteiger partial charge in [0.05, 0.1) is 31.9 Å². The number of sulfonamides is 1. The average molecular weight is 598 g/mol. The minimum atomic E-state index is -4.27. The van der Waals surface area contributed by atoms with E-state index in [9.17, 15) is 18.0 Å². The lowest BCUT2D eigenvalue weighted by molar-refractivity contribution is -0.140. The van der Waals surface area contributed by atoms with Crippen molar-refractivity contribution in [1.29, 1.82) is 0 Å². The summed E-state index contributed by atoms with van der Waals surface area (Å²) in [6.45, 7) is 4.93. The molecule has 0 saturated carbocycles. The van der Waals surface area contributed by atoms with E-state index in [1.807, 2.05) is 19.9 Å². The van der Waals surface area contributed by atoms with E-state index in [1.165, 1.54) is 37.3 Å². The number of carbonyl (C=O) groups is 2. The predicted octanol–water partition coefficient (Wildman–Crippen LogP) is 4.24. The molecular weight excluding hydrogens is 558 g/mol. The predicted molar refractivity (Wildman–Crippen MR) is 161 cm³/mol. The van der Waals surface area contributed by atoms with Crippen molar-refractivity contribution in [3.63, 3.8) is 0 Å². The van der Waals surface area contributed by atoms with Crippen LogP contribution >= 0.6 is 0 Å². The molecule has 0 heterocycles. The maximum atomic E-state index is 14.2. The van der Waals surface area contributed by atoms with Gasteiger partial charge in [-0.15, -0.1) is 0 Å². The van der Waals surface area contributed by atoms with Gasteiger partial charge in [0.2, 0.25) is 11.8 Å². The van der Waals surface area contributed by atoms with Gasteiger partial charge in [-0.2, -0.15) is 0 Å². The first-order valence-corrected chi connectivity index (χ1v) is 15.0. The maximum Gasteiger partial charge on any atom is 0.264 e. The summed E-state index contributed by atoms with van der Waals surface area (Å²) in [5.41, 5.74) is 0.838. The van der Waals surface area contributed by atoms with Crippen molar-refractivity contribution >= 4 is 27.5 Å². The summed E-state index contributed by atoms with van der Waals surface area (Å²) in [6.07, 6.45) is 0.308. The highest BCUT2D eigenvalue weighted by molar-refractivity contribution is 7.92. The Labute approximate surface area is 248 Å². The zero-order valence-electron chi connectivity index (χ0n) is 24.9. The Hall–Kier alpha value is -4.25. The quantitative estimate of drug-likeness (QED) is 0.296. The van der Waals surface area contributed by atoms with Gasteiger partial charge in [-0.25, -0.2) is 8.42 Å². The van der Waals surface area contributed by atoms with Crippen molar-refractivity contribution in [2.24, 2.45) is 0 Å². The Morgan fingerprint density at radius 3 is 2.12 bits per heavy atom. The normalized spacial score (nSPS) is 11.9. The van der Waals surface area contributed by atoms with E-state index < -0.39 is 28.5 Å². The lowest BCUT2D eigenvalue weighted by Gasteiger charge is -2.34. The summed E-state index contributed by atoms with van der Waals surface area (Å²) < 4.78 is 45.4. The topological polar surface area (TPSA) is 114 Å². The van der Waals surface area contributed by atoms with Crippen LogP contribution < -0.4 is 23.8 Å². The molecule has 0 spiro atoms. The van der Waals surface area contributed by atoms with Crippen LogP contribution in [0.1, 0.15) is 32.8 Å². The number of carbonyl (C=O) groups excluding carboxylic acids is 2. The molecule has 0 radical (unpaired) electrons. The van der Waals surface area contributed by atoms with E-state index in [0.29, 0.717) is 17.9 Å². The first-order chi connectivity index (χ1) is 20.0. The molecule has 1 N–H and O–H groups in total. The number of nitrogens with one attached hydrogen (secondary N) is 1. The fourth-order valence-electron chi connectivity index (χ4n) is 4.49. The summed E-state index contributed by atoms with van der Waals surface area (Å²) in [5, 5.41) is 2.89. The third kappa shape index (κ3) is 7.73. The van der Waals surface area contributed by atoms with Gasteiger partial charge in [0.15, 0.2) is 0 Å². The maximum absolute atomic E-state index is 14.2. The molecule has 226 valence electrons. The van der Waals surface area contributed by atoms with Crippen molar-refractivity contribution in [3.8, 4) is 17.2 Å². The van der Waals surface area contributed by atoms with E-state index >= 15 is 0 Å². The third-order valence-electron chi connectivity index (χ3n) is 6.57. The SMILES string of the molecule is CCC(C(=O)NC(C)C)N(Cc1cccc(OC)c1)C(=O)CN(c1cc(OC)ccc1OC)S(=O)(=O)c1ccccc1. The van der Waals surface area contributed by atoms with Gasteiger partial charge in [-0.05, 0) is 62.2 Å². The van der Waals surface area contributed by atoms with Crippen molar-refractivity contribution in [1.82, 2.24) is 10.2 Å². The number of amides is 2. The van der Waals surface area contributed by atoms with Crippen LogP contribution in [0.25, 0.3) is 0 Å². The van der Waals surface area contributed by atoms with Gasteiger partial charge < -0.3 is 24.4 Å². The zero-order chi connectivity index (χ0) is 30.9. The van der Waals surface area contributed by atoms with Crippen LogP contribution in [0.15, 0.2) is 77.7 Å². The Morgan fingerprint density at radius 1 is 0.857 bits per heavy atom. The first kappa shape index (κ1) is 32.3. The van der Waals surface area contributed by atoms with Crippen LogP contribution in [-0.4, -0.2) is 65.1 Å². The van der Waals surface area contributed by atoms with E-state index in [4.69, 9.17) is 14.2 Å². The van der Waals surface area contributed by atoms with Crippen LogP contribution in [0, 0.1) is 0 Å². The highest BCUT2D eigenvalue weighted by Crippen LogP contribution is 2.36. The number of hydrogen-bond acceptors (Lipinski definition) is 7. The molecule has 0 bridgehead atoms. The van der Waals surface area contributed by atoms with Crippen molar-refractivity contribution in [2.45, 2.75) is 50.7 Å². The molecule has 0 aliphatic carbocycles. The Morgan fingerprint density at radius 2 is 1.52 bits per heavy atom. The Balaban J connectivity index is 2.15. The molecule has 11 heteroatoms. The molecule has 3 rings (SSSR count). The highest BCUT2D eigenvalue weighted by atomic mass is 32.2. The molecule has 3 aromatic carbocycles. The molecule has 0 fully saturated rings. The third-order valence-corrected chi connectivity index (χ3v) is 8.34. The Kier molecular flexibility index (Phi) is 11.2. The largest absolute Gasteiger partial charge is 0.497 e. The second-order valence-electron chi connectivity index (χ2n) is 9.82. The summed E-state index contributed by atoms with van der Waals surface area (Å²) in [7, 11) is 0.152. The molecular formula is C31H39N3O7S. The fourth-order valence-corrected chi connectivity index (χ4v) is 5.93. The number of rotatable bonds is 14. The van der Waals surface area contributed by atoms with Crippen LogP contribution in [0.3, 0.4) is 0 Å². The summed E-state index contributed by atoms with van der Waals surface area (Å²) in [4.78, 5) is 29.0. The lowest BCUT2D eigenvalue weighted by Crippen LogP contribution is -2.53. The van der Waals surface area contributed by atoms with Gasteiger partial charge in [0, 0.05) is 18.7 Å². The second kappa shape index (κ2) is 14.6. The molecule has 1 unspecified atom stereocenters. The second-order valence-corrected chi connectivity index (χ2v) is 11.7. The molecule has 3 aromatic rings. The number of methoxy groups -OCH3 is 3. The van der Waals surface area contributed by atoms with E-state index in [2.05, 4.69) is 5.32 Å². The van der Waals surface area contributed by atoms with Crippen molar-refractivity contribution < 1.29 is 32.2 Å². The summed E-state index contributed by atoms with van der Waals surface area (Å²) in [6, 6.07) is 18.7. The van der Waals surface area contributed by atoms with E-state index in [0.717, 1.165) is 9.87 Å². The van der Waals surface area contributed by atoms with Gasteiger partial charge in [-0.1, -0.05) is 37.3 Å². The van der Waals surface area contributed by atoms with Gasteiger partial charge >= 0.3 is 0 Å². The van der Waals surface area contributed by atoms with Crippen molar-refractivity contribution in [2.75, 3.05) is 32.2 Å². The van der Waals surface area contributed by atoms with E-state index in [1.54, 1.807) is 62.6 Å². The smallest absolute Gasteiger partial charge is 0.264 e. The minimum Gasteiger partial charge on any atom is -0.497 e. The van der Waals surface area contributed by atoms with Gasteiger partial charge in [0.25, 0.3) is 10.0 Å². The number of hydrogen-bond donors (Lipinski definition) is 1. The van der Waals surface area contributed by atoms with Crippen molar-refractivity contribution in [3.05, 3.63) is 78.4 Å². The highest BCUT2D eigenvalue weighted by Gasteiger charge is 2.35. The molecule has 2 amide bonds. The summed E-state index contributed by atoms with van der Waals surface area (Å²) >= 11 is 0. The first-order valence-electron chi connectivity index (χ1n) is 13.6. The number of benzene rings is 3. The molecule has 1 atom stereocenters. The Bertz CT molecular complexity index is 1460. The standard InChI is InChI=1S/C31H39N3O7S/c1-7-27(31(36)32-22(2)3)33(20-23-12-11-13-24(18-23)39-4)30(35)21-34(42(37,38)26-14-9-8-10-15-26)28-19-25(40-5)16-17-29(28)41-6/h8-19,22,27H,7,20-21H2,1-6H3,(H,32,36). The van der Waals surface area contributed by atoms with Crippen LogP contribution in [-0.2, 0) is 26.2 Å². The number of anilines is 1. The van der Waals surface area contributed by atoms with Crippen LogP contribution in [0.2, 0.25) is 0 Å². The van der Waals surface area contributed by atoms with E-state index in [-0.39, 0.29) is 34.8 Å². The van der Waals surface area contributed by atoms with Crippen LogP contribution in [0.5, 0.6) is 17.2 Å². The molecule has 0 aromatic heterocycles. The zero-order valence-corrected chi connectivity index (χ0v) is 25.7. The number of ether oxygens (including phenoxy) is 3.